The van der Waals surface area contributed by atoms with Crippen LogP contribution in [-0.2, 0) is 20.7 Å². The Morgan fingerprint density at radius 2 is 2.00 bits per heavy atom. The highest BCUT2D eigenvalue weighted by Crippen LogP contribution is 2.70. The van der Waals surface area contributed by atoms with E-state index >= 15 is 0 Å². The monoisotopic (exact) mass is 545 g/mol. The van der Waals surface area contributed by atoms with Crippen molar-refractivity contribution in [2.24, 2.45) is 28.6 Å². The Hall–Kier alpha value is -2.86. The molecule has 0 radical (unpaired) electrons. The summed E-state index contributed by atoms with van der Waals surface area (Å²) in [5.41, 5.74) is 2.16. The molecule has 0 amide bonds. The van der Waals surface area contributed by atoms with Gasteiger partial charge in [0.25, 0.3) is 0 Å². The molecule has 40 heavy (non-hydrogen) atoms. The van der Waals surface area contributed by atoms with E-state index in [0.717, 1.165) is 36.2 Å². The Labute approximate surface area is 234 Å². The standard InChI is InChI=1S/C32H36FN3O4/c1-29(2)39-27-14-23-22-10-5-19-13-24-18(17-35-36(24)21-8-6-20(33)7-9-21)15-30(19,3)28(22)25(37)16-31(23,4)32(27,40-29)26(38)11-12-34/h6-9,13,17,22-23,25,27-28,37H,5,10-11,14-16H2,1-4H3/t22-,23-,25-,27+,28+,30-,31-,32+/m0/s1. The summed E-state index contributed by atoms with van der Waals surface area (Å²) in [6.07, 6.45) is 6.52. The third-order valence-corrected chi connectivity index (χ3v) is 11.1. The number of aliphatic hydroxyl groups excluding tert-OH is 1. The first-order valence-electron chi connectivity index (χ1n) is 14.4. The van der Waals surface area contributed by atoms with Crippen LogP contribution in [0.15, 0.2) is 36.0 Å². The molecule has 2 heterocycles. The first kappa shape index (κ1) is 26.1. The van der Waals surface area contributed by atoms with Crippen molar-refractivity contribution in [3.05, 3.63) is 53.1 Å². The second-order valence-corrected chi connectivity index (χ2v) is 13.6. The van der Waals surface area contributed by atoms with Gasteiger partial charge in [0, 0.05) is 5.41 Å². The van der Waals surface area contributed by atoms with Crippen LogP contribution in [0.2, 0.25) is 0 Å². The Bertz CT molecular complexity index is 1470. The fourth-order valence-electron chi connectivity index (χ4n) is 9.77. The van der Waals surface area contributed by atoms with E-state index in [1.807, 2.05) is 30.8 Å². The second-order valence-electron chi connectivity index (χ2n) is 13.6. The van der Waals surface area contributed by atoms with Crippen molar-refractivity contribution in [3.8, 4) is 11.8 Å². The zero-order valence-electron chi connectivity index (χ0n) is 23.5. The number of fused-ring (bicyclic) bond motifs is 8. The molecule has 7 nitrogen and oxygen atoms in total. The summed E-state index contributed by atoms with van der Waals surface area (Å²) in [4.78, 5) is 13.7. The van der Waals surface area contributed by atoms with Gasteiger partial charge < -0.3 is 14.6 Å². The van der Waals surface area contributed by atoms with Crippen molar-refractivity contribution in [1.82, 2.24) is 9.78 Å². The summed E-state index contributed by atoms with van der Waals surface area (Å²) in [7, 11) is 0. The molecule has 210 valence electrons. The third-order valence-electron chi connectivity index (χ3n) is 11.1. The van der Waals surface area contributed by atoms with Crippen LogP contribution in [0.4, 0.5) is 4.39 Å². The quantitative estimate of drug-likeness (QED) is 0.573. The third kappa shape index (κ3) is 3.26. The van der Waals surface area contributed by atoms with E-state index in [1.54, 1.807) is 12.1 Å². The van der Waals surface area contributed by atoms with Crippen LogP contribution in [0.25, 0.3) is 11.8 Å². The molecule has 0 unspecified atom stereocenters. The minimum absolute atomic E-state index is 0.0165. The van der Waals surface area contributed by atoms with E-state index in [-0.39, 0.29) is 41.2 Å². The molecule has 1 aliphatic heterocycles. The fraction of sp³-hybridized carbons (Fsp3) is 0.594. The average molecular weight is 546 g/mol. The highest BCUT2D eigenvalue weighted by atomic mass is 19.1. The Morgan fingerprint density at radius 3 is 2.73 bits per heavy atom. The Kier molecular flexibility index (Phi) is 5.44. The molecule has 1 aromatic carbocycles. The van der Waals surface area contributed by atoms with E-state index in [2.05, 4.69) is 25.0 Å². The van der Waals surface area contributed by atoms with Gasteiger partial charge in [0.05, 0.1) is 42.3 Å². The first-order chi connectivity index (χ1) is 18.9. The normalized spacial score (nSPS) is 40.6. The van der Waals surface area contributed by atoms with Gasteiger partial charge in [-0.1, -0.05) is 19.4 Å². The predicted octanol–water partition coefficient (Wildman–Crippen LogP) is 5.15. The number of carbonyl (C=O) groups is 1. The van der Waals surface area contributed by atoms with Crippen molar-refractivity contribution in [1.29, 1.82) is 5.26 Å². The molecule has 5 aliphatic rings. The van der Waals surface area contributed by atoms with Gasteiger partial charge in [0.1, 0.15) is 5.82 Å². The number of hydrogen-bond acceptors (Lipinski definition) is 6. The SMILES string of the molecule is CC1(C)O[C@@H]2C[C@H]3[C@@H]4CCC5=Cc6c(cnn6-c6ccc(F)cc6)C[C@]5(C)[C@H]4[C@@H](O)C[C@]3(C)[C@]2(C(=O)CC#N)O1. The maximum atomic E-state index is 13.7. The topological polar surface area (TPSA) is 97.4 Å². The van der Waals surface area contributed by atoms with E-state index in [0.29, 0.717) is 12.8 Å². The molecule has 8 atom stereocenters. The van der Waals surface area contributed by atoms with Crippen molar-refractivity contribution in [2.75, 3.05) is 0 Å². The van der Waals surface area contributed by atoms with Crippen LogP contribution in [0, 0.1) is 45.7 Å². The molecule has 0 spiro atoms. The number of aliphatic hydroxyl groups is 1. The summed E-state index contributed by atoms with van der Waals surface area (Å²) in [6.45, 7) is 8.04. The van der Waals surface area contributed by atoms with Gasteiger partial charge in [-0.05, 0) is 105 Å². The molecular formula is C32H36FN3O4. The lowest BCUT2D eigenvalue weighted by atomic mass is 9.45. The van der Waals surface area contributed by atoms with Crippen molar-refractivity contribution < 1.29 is 23.8 Å². The molecule has 2 aromatic rings. The van der Waals surface area contributed by atoms with E-state index < -0.39 is 29.0 Å². The second kappa shape index (κ2) is 8.34. The van der Waals surface area contributed by atoms with Gasteiger partial charge in [-0.2, -0.15) is 10.4 Å². The number of benzene rings is 1. The first-order valence-corrected chi connectivity index (χ1v) is 14.4. The fourth-order valence-corrected chi connectivity index (χ4v) is 9.77. The van der Waals surface area contributed by atoms with Crippen LogP contribution in [0.5, 0.6) is 0 Å². The molecule has 3 saturated carbocycles. The lowest BCUT2D eigenvalue weighted by molar-refractivity contribution is -0.225. The Morgan fingerprint density at radius 1 is 1.25 bits per heavy atom. The molecule has 4 fully saturated rings. The van der Waals surface area contributed by atoms with Crippen molar-refractivity contribution in [2.45, 2.75) is 89.8 Å². The van der Waals surface area contributed by atoms with Crippen LogP contribution in [-0.4, -0.2) is 44.3 Å². The zero-order chi connectivity index (χ0) is 28.2. The number of carbonyl (C=O) groups excluding carboxylic acids is 1. The van der Waals surface area contributed by atoms with Gasteiger partial charge in [-0.15, -0.1) is 0 Å². The van der Waals surface area contributed by atoms with E-state index in [4.69, 9.17) is 9.47 Å². The lowest BCUT2D eigenvalue weighted by Gasteiger charge is -2.60. The molecule has 1 N–H and O–H groups in total. The summed E-state index contributed by atoms with van der Waals surface area (Å²) >= 11 is 0. The maximum absolute atomic E-state index is 13.7. The van der Waals surface area contributed by atoms with E-state index in [1.165, 1.54) is 17.7 Å². The molecular weight excluding hydrogens is 509 g/mol. The summed E-state index contributed by atoms with van der Waals surface area (Å²) in [5, 5.41) is 26.1. The number of halogens is 1. The van der Waals surface area contributed by atoms with Crippen LogP contribution < -0.4 is 0 Å². The van der Waals surface area contributed by atoms with Crippen LogP contribution in [0.3, 0.4) is 0 Å². The summed E-state index contributed by atoms with van der Waals surface area (Å²) in [6, 6.07) is 8.42. The van der Waals surface area contributed by atoms with Crippen molar-refractivity contribution >= 4 is 11.9 Å². The number of ketones is 1. The highest BCUT2D eigenvalue weighted by molar-refractivity contribution is 5.91. The molecule has 4 aliphatic carbocycles. The molecule has 1 aromatic heterocycles. The van der Waals surface area contributed by atoms with Gasteiger partial charge >= 0.3 is 0 Å². The molecule has 1 saturated heterocycles. The average Bonchev–Trinajstić information content (AvgIpc) is 3.49. The predicted molar refractivity (Wildman–Crippen MR) is 144 cm³/mol. The van der Waals surface area contributed by atoms with Gasteiger partial charge in [-0.25, -0.2) is 9.07 Å². The van der Waals surface area contributed by atoms with Crippen LogP contribution in [0.1, 0.15) is 71.1 Å². The number of aromatic nitrogens is 2. The number of ether oxygens (including phenoxy) is 2. The number of nitriles is 1. The largest absolute Gasteiger partial charge is 0.393 e. The zero-order valence-corrected chi connectivity index (χ0v) is 23.5. The van der Waals surface area contributed by atoms with Gasteiger partial charge in [-0.3, -0.25) is 4.79 Å². The molecule has 8 heteroatoms. The highest BCUT2D eigenvalue weighted by Gasteiger charge is 2.76. The number of hydrogen-bond donors (Lipinski definition) is 1. The number of Topliss-reactive ketones (excluding diaryl/α,β-unsaturated/α-hetero) is 1. The molecule has 7 rings (SSSR count). The number of rotatable bonds is 3. The van der Waals surface area contributed by atoms with E-state index in [9.17, 15) is 19.6 Å². The van der Waals surface area contributed by atoms with Gasteiger partial charge in [0.15, 0.2) is 17.2 Å². The summed E-state index contributed by atoms with van der Waals surface area (Å²) in [5.74, 6) is -1.09. The smallest absolute Gasteiger partial charge is 0.182 e. The Balaban J connectivity index is 1.26. The summed E-state index contributed by atoms with van der Waals surface area (Å²) < 4.78 is 28.3. The maximum Gasteiger partial charge on any atom is 0.182 e. The lowest BCUT2D eigenvalue weighted by Crippen LogP contribution is -2.63. The minimum Gasteiger partial charge on any atom is -0.393 e. The number of allylic oxidation sites excluding steroid dienone is 1. The number of nitrogens with zero attached hydrogens (tertiary/aromatic N) is 3. The van der Waals surface area contributed by atoms with Crippen LogP contribution >= 0.6 is 0 Å². The van der Waals surface area contributed by atoms with Crippen molar-refractivity contribution in [3.63, 3.8) is 0 Å². The van der Waals surface area contributed by atoms with Gasteiger partial charge in [0.2, 0.25) is 0 Å². The molecule has 0 bridgehead atoms. The minimum atomic E-state index is -1.23.